The minimum Gasteiger partial charge on any atom is -0.480 e. The maximum absolute atomic E-state index is 12.9. The van der Waals surface area contributed by atoms with Crippen molar-refractivity contribution in [2.45, 2.75) is 31.0 Å². The van der Waals surface area contributed by atoms with Gasteiger partial charge in [0.25, 0.3) is 0 Å². The summed E-state index contributed by atoms with van der Waals surface area (Å²) < 4.78 is 38.7. The second-order valence-corrected chi connectivity index (χ2v) is 5.00. The number of nitrogens with one attached hydrogen (secondary N) is 1. The Hall–Kier alpha value is -1.56. The molecule has 2 rings (SSSR count). The van der Waals surface area contributed by atoms with E-state index in [0.717, 1.165) is 6.07 Å². The molecule has 2 N–H and O–H groups in total. The van der Waals surface area contributed by atoms with Crippen molar-refractivity contribution in [1.82, 2.24) is 5.32 Å². The monoisotopic (exact) mass is 273 g/mol. The minimum absolute atomic E-state index is 0.148. The van der Waals surface area contributed by atoms with Gasteiger partial charge in [-0.2, -0.15) is 13.2 Å². The van der Waals surface area contributed by atoms with Gasteiger partial charge in [0.1, 0.15) is 5.54 Å². The van der Waals surface area contributed by atoms with Crippen LogP contribution in [0.25, 0.3) is 0 Å². The Balaban J connectivity index is 2.33. The summed E-state index contributed by atoms with van der Waals surface area (Å²) in [6.45, 7) is 1.72. The maximum Gasteiger partial charge on any atom is 0.416 e. The van der Waals surface area contributed by atoms with E-state index in [4.69, 9.17) is 5.11 Å². The summed E-state index contributed by atoms with van der Waals surface area (Å²) in [7, 11) is 0. The Bertz CT molecular complexity index is 501. The molecule has 0 aromatic heterocycles. The molecular formula is C13H14F3NO2. The summed E-state index contributed by atoms with van der Waals surface area (Å²) in [6, 6.07) is 5.33. The summed E-state index contributed by atoms with van der Waals surface area (Å²) in [6.07, 6.45) is -4.27. The van der Waals surface area contributed by atoms with Gasteiger partial charge in [0.2, 0.25) is 0 Å². The first-order valence-corrected chi connectivity index (χ1v) is 5.88. The summed E-state index contributed by atoms with van der Waals surface area (Å²) in [4.78, 5) is 11.1. The first-order valence-electron chi connectivity index (χ1n) is 5.88. The molecule has 2 atom stereocenters. The zero-order chi connectivity index (χ0) is 14.3. The number of hydrogen-bond acceptors (Lipinski definition) is 2. The molecule has 0 amide bonds. The molecule has 1 heterocycles. The lowest BCUT2D eigenvalue weighted by Gasteiger charge is -2.20. The quantitative estimate of drug-likeness (QED) is 0.871. The lowest BCUT2D eigenvalue weighted by atomic mass is 9.87. The first-order chi connectivity index (χ1) is 8.74. The van der Waals surface area contributed by atoms with Gasteiger partial charge < -0.3 is 10.4 Å². The molecular weight excluding hydrogens is 259 g/mol. The third kappa shape index (κ3) is 2.58. The smallest absolute Gasteiger partial charge is 0.416 e. The number of halogens is 3. The molecule has 2 unspecified atom stereocenters. The van der Waals surface area contributed by atoms with Crippen LogP contribution in [-0.2, 0) is 11.0 Å². The Morgan fingerprint density at radius 3 is 2.58 bits per heavy atom. The molecule has 0 bridgehead atoms. The predicted molar refractivity (Wildman–Crippen MR) is 62.8 cm³/mol. The highest BCUT2D eigenvalue weighted by molar-refractivity contribution is 5.79. The van der Waals surface area contributed by atoms with Crippen LogP contribution in [0.4, 0.5) is 13.2 Å². The SMILES string of the molecule is CC1(C(=O)O)CC(c2ccccc2C(F)(F)F)CN1. The van der Waals surface area contributed by atoms with E-state index in [-0.39, 0.29) is 18.5 Å². The summed E-state index contributed by atoms with van der Waals surface area (Å²) in [5.41, 5.74) is -1.69. The third-order valence-electron chi connectivity index (χ3n) is 3.57. The Labute approximate surface area is 108 Å². The van der Waals surface area contributed by atoms with Crippen molar-refractivity contribution in [3.05, 3.63) is 35.4 Å². The van der Waals surface area contributed by atoms with Gasteiger partial charge >= 0.3 is 12.1 Å². The first kappa shape index (κ1) is 13.9. The van der Waals surface area contributed by atoms with Crippen LogP contribution in [0.5, 0.6) is 0 Å². The molecule has 0 saturated carbocycles. The highest BCUT2D eigenvalue weighted by atomic mass is 19.4. The van der Waals surface area contributed by atoms with Crippen LogP contribution in [0.15, 0.2) is 24.3 Å². The molecule has 6 heteroatoms. The van der Waals surface area contributed by atoms with Gasteiger partial charge in [-0.3, -0.25) is 4.79 Å². The van der Waals surface area contributed by atoms with Crippen molar-refractivity contribution in [3.8, 4) is 0 Å². The standard InChI is InChI=1S/C13H14F3NO2/c1-12(11(18)19)6-8(7-17-12)9-4-2-3-5-10(9)13(14,15)16/h2-5,8,17H,6-7H2,1H3,(H,18,19). The number of hydrogen-bond donors (Lipinski definition) is 2. The molecule has 1 aliphatic rings. The fraction of sp³-hybridized carbons (Fsp3) is 0.462. The number of alkyl halides is 3. The van der Waals surface area contributed by atoms with Gasteiger partial charge in [0.15, 0.2) is 0 Å². The molecule has 0 aliphatic carbocycles. The van der Waals surface area contributed by atoms with Crippen LogP contribution in [-0.4, -0.2) is 23.2 Å². The van der Waals surface area contributed by atoms with Crippen LogP contribution in [0, 0.1) is 0 Å². The van der Waals surface area contributed by atoms with E-state index in [2.05, 4.69) is 5.32 Å². The average molecular weight is 273 g/mol. The van der Waals surface area contributed by atoms with Gasteiger partial charge in [-0.1, -0.05) is 18.2 Å². The second-order valence-electron chi connectivity index (χ2n) is 5.00. The largest absolute Gasteiger partial charge is 0.480 e. The Morgan fingerprint density at radius 2 is 2.05 bits per heavy atom. The molecule has 19 heavy (non-hydrogen) atoms. The predicted octanol–water partition coefficient (Wildman–Crippen LogP) is 2.63. The number of carboxylic acid groups (broad SMARTS) is 1. The highest BCUT2D eigenvalue weighted by Gasteiger charge is 2.44. The topological polar surface area (TPSA) is 49.3 Å². The van der Waals surface area contributed by atoms with Crippen molar-refractivity contribution in [3.63, 3.8) is 0 Å². The van der Waals surface area contributed by atoms with Crippen LogP contribution in [0.2, 0.25) is 0 Å². The zero-order valence-corrected chi connectivity index (χ0v) is 10.3. The average Bonchev–Trinajstić information content (AvgIpc) is 2.72. The molecule has 1 aromatic carbocycles. The third-order valence-corrected chi connectivity index (χ3v) is 3.57. The molecule has 0 radical (unpaired) electrons. The molecule has 1 aliphatic heterocycles. The number of benzene rings is 1. The van der Waals surface area contributed by atoms with Crippen LogP contribution in [0.3, 0.4) is 0 Å². The van der Waals surface area contributed by atoms with E-state index in [1.165, 1.54) is 19.1 Å². The zero-order valence-electron chi connectivity index (χ0n) is 10.3. The van der Waals surface area contributed by atoms with Gasteiger partial charge in [-0.25, -0.2) is 0 Å². The fourth-order valence-corrected chi connectivity index (χ4v) is 2.48. The second kappa shape index (κ2) is 4.52. The van der Waals surface area contributed by atoms with Crippen LogP contribution in [0.1, 0.15) is 30.4 Å². The van der Waals surface area contributed by atoms with Crippen molar-refractivity contribution in [2.75, 3.05) is 6.54 Å². The number of carbonyl (C=O) groups is 1. The van der Waals surface area contributed by atoms with Crippen LogP contribution >= 0.6 is 0 Å². The molecule has 1 aromatic rings. The van der Waals surface area contributed by atoms with E-state index >= 15 is 0 Å². The summed E-state index contributed by atoms with van der Waals surface area (Å²) in [5, 5.41) is 11.9. The number of carboxylic acids is 1. The summed E-state index contributed by atoms with van der Waals surface area (Å²) >= 11 is 0. The molecule has 1 saturated heterocycles. The number of aliphatic carboxylic acids is 1. The van der Waals surface area contributed by atoms with Gasteiger partial charge in [-0.15, -0.1) is 0 Å². The minimum atomic E-state index is -4.42. The maximum atomic E-state index is 12.9. The van der Waals surface area contributed by atoms with Crippen molar-refractivity contribution in [2.24, 2.45) is 0 Å². The van der Waals surface area contributed by atoms with E-state index in [1.54, 1.807) is 6.07 Å². The normalized spacial score (nSPS) is 27.5. The lowest BCUT2D eigenvalue weighted by Crippen LogP contribution is -2.44. The van der Waals surface area contributed by atoms with E-state index in [9.17, 15) is 18.0 Å². The highest BCUT2D eigenvalue weighted by Crippen LogP contribution is 2.39. The van der Waals surface area contributed by atoms with Gasteiger partial charge in [0.05, 0.1) is 5.56 Å². The molecule has 1 fully saturated rings. The Morgan fingerprint density at radius 1 is 1.42 bits per heavy atom. The number of rotatable bonds is 2. The van der Waals surface area contributed by atoms with E-state index in [1.807, 2.05) is 0 Å². The summed E-state index contributed by atoms with van der Waals surface area (Å²) in [5.74, 6) is -1.49. The van der Waals surface area contributed by atoms with Crippen LogP contribution < -0.4 is 5.32 Å². The van der Waals surface area contributed by atoms with Crippen molar-refractivity contribution >= 4 is 5.97 Å². The van der Waals surface area contributed by atoms with E-state index in [0.29, 0.717) is 0 Å². The molecule has 0 spiro atoms. The van der Waals surface area contributed by atoms with Gasteiger partial charge in [-0.05, 0) is 30.9 Å². The van der Waals surface area contributed by atoms with Crippen molar-refractivity contribution in [1.29, 1.82) is 0 Å². The van der Waals surface area contributed by atoms with Gasteiger partial charge in [0, 0.05) is 6.54 Å². The van der Waals surface area contributed by atoms with Crippen molar-refractivity contribution < 1.29 is 23.1 Å². The molecule has 104 valence electrons. The Kier molecular flexibility index (Phi) is 3.30. The molecule has 3 nitrogen and oxygen atoms in total. The van der Waals surface area contributed by atoms with E-state index < -0.39 is 29.2 Å². The fourth-order valence-electron chi connectivity index (χ4n) is 2.48. The lowest BCUT2D eigenvalue weighted by molar-refractivity contribution is -0.143.